The number of nitrogens with zero attached hydrogens (tertiary/aromatic N) is 3. The Morgan fingerprint density at radius 1 is 1.10 bits per heavy atom. The van der Waals surface area contributed by atoms with Gasteiger partial charge in [-0.3, -0.25) is 9.59 Å². The van der Waals surface area contributed by atoms with Crippen molar-refractivity contribution in [3.63, 3.8) is 0 Å². The highest BCUT2D eigenvalue weighted by molar-refractivity contribution is 5.97. The molecule has 2 aromatic carbocycles. The minimum Gasteiger partial charge on any atom is -0.368 e. The maximum absolute atomic E-state index is 13.2. The zero-order valence-corrected chi connectivity index (χ0v) is 15.5. The lowest BCUT2D eigenvalue weighted by atomic mass is 10.0. The molecule has 2 aromatic rings. The van der Waals surface area contributed by atoms with Gasteiger partial charge < -0.3 is 15.5 Å². The first kappa shape index (κ1) is 21.1. The van der Waals surface area contributed by atoms with Crippen LogP contribution in [0, 0.1) is 17.1 Å². The third-order valence-corrected chi connectivity index (χ3v) is 4.85. The molecule has 1 fully saturated rings. The molecule has 0 aliphatic carbocycles. The summed E-state index contributed by atoms with van der Waals surface area (Å²) >= 11 is 0. The molecular weight excluding hydrogens is 404 g/mol. The first-order valence-corrected chi connectivity index (χ1v) is 8.84. The minimum atomic E-state index is -4.72. The fourth-order valence-corrected chi connectivity index (χ4v) is 3.32. The van der Waals surface area contributed by atoms with Crippen LogP contribution in [0.5, 0.6) is 0 Å². The molecule has 2 amide bonds. The number of anilines is 1. The average molecular weight is 420 g/mol. The summed E-state index contributed by atoms with van der Waals surface area (Å²) in [6, 6.07) is 8.44. The van der Waals surface area contributed by atoms with E-state index in [1.807, 2.05) is 0 Å². The van der Waals surface area contributed by atoms with Crippen molar-refractivity contribution in [3.8, 4) is 6.07 Å². The zero-order valence-electron chi connectivity index (χ0n) is 15.5. The van der Waals surface area contributed by atoms with Crippen molar-refractivity contribution in [1.82, 2.24) is 4.90 Å². The van der Waals surface area contributed by atoms with Crippen LogP contribution in [0.2, 0.25) is 0 Å². The molecule has 0 spiro atoms. The van der Waals surface area contributed by atoms with Crippen molar-refractivity contribution in [2.24, 2.45) is 5.73 Å². The number of piperazine rings is 1. The second-order valence-corrected chi connectivity index (χ2v) is 6.71. The molecule has 10 heteroatoms. The van der Waals surface area contributed by atoms with Crippen LogP contribution in [-0.2, 0) is 11.0 Å². The number of alkyl halides is 3. The first-order chi connectivity index (χ1) is 14.1. The SMILES string of the molecule is N#Cc1ccc(N2CCN(C(=O)c3ccc(F)cc3)C(C(N)=O)C2)cc1C(F)(F)F. The Bertz CT molecular complexity index is 1010. The van der Waals surface area contributed by atoms with Crippen molar-refractivity contribution in [2.45, 2.75) is 12.2 Å². The van der Waals surface area contributed by atoms with Gasteiger partial charge in [0.15, 0.2) is 0 Å². The number of carbonyl (C=O) groups is 2. The Kier molecular flexibility index (Phi) is 5.64. The molecule has 0 bridgehead atoms. The number of benzene rings is 2. The normalized spacial score (nSPS) is 16.8. The Balaban J connectivity index is 1.87. The van der Waals surface area contributed by atoms with E-state index in [1.165, 1.54) is 34.1 Å². The van der Waals surface area contributed by atoms with E-state index in [9.17, 15) is 27.2 Å². The van der Waals surface area contributed by atoms with Gasteiger partial charge in [-0.1, -0.05) is 0 Å². The molecule has 0 radical (unpaired) electrons. The monoisotopic (exact) mass is 420 g/mol. The molecule has 1 unspecified atom stereocenters. The van der Waals surface area contributed by atoms with Crippen molar-refractivity contribution >= 4 is 17.5 Å². The van der Waals surface area contributed by atoms with E-state index < -0.39 is 41.0 Å². The summed E-state index contributed by atoms with van der Waals surface area (Å²) in [5.41, 5.74) is 4.16. The fraction of sp³-hybridized carbons (Fsp3) is 0.250. The standard InChI is InChI=1S/C20H16F4N4O2/c21-14-4-1-12(2-5-14)19(30)28-8-7-27(11-17(28)18(26)29)15-6-3-13(10-25)16(9-15)20(22,23)24/h1-6,9,17H,7-8,11H2,(H2,26,29). The number of hydrogen-bond donors (Lipinski definition) is 1. The fourth-order valence-electron chi connectivity index (χ4n) is 3.32. The van der Waals surface area contributed by atoms with E-state index in [1.54, 1.807) is 0 Å². The Labute approximate surface area is 169 Å². The van der Waals surface area contributed by atoms with Crippen LogP contribution in [0.3, 0.4) is 0 Å². The second kappa shape index (κ2) is 8.02. The van der Waals surface area contributed by atoms with Gasteiger partial charge in [0.2, 0.25) is 5.91 Å². The lowest BCUT2D eigenvalue weighted by Gasteiger charge is -2.41. The number of nitriles is 1. The van der Waals surface area contributed by atoms with Gasteiger partial charge in [-0.25, -0.2) is 4.39 Å². The number of nitrogens with two attached hydrogens (primary N) is 1. The Hall–Kier alpha value is -3.61. The van der Waals surface area contributed by atoms with Crippen molar-refractivity contribution in [3.05, 3.63) is 65.0 Å². The summed E-state index contributed by atoms with van der Waals surface area (Å²) in [4.78, 5) is 27.4. The molecule has 0 aromatic heterocycles. The van der Waals surface area contributed by atoms with Crippen LogP contribution in [0.4, 0.5) is 23.2 Å². The van der Waals surface area contributed by atoms with Crippen molar-refractivity contribution in [2.75, 3.05) is 24.5 Å². The summed E-state index contributed by atoms with van der Waals surface area (Å²) in [7, 11) is 0. The van der Waals surface area contributed by atoms with Gasteiger partial charge in [-0.05, 0) is 42.5 Å². The summed E-state index contributed by atoms with van der Waals surface area (Å²) in [6.07, 6.45) is -4.72. The smallest absolute Gasteiger partial charge is 0.368 e. The highest BCUT2D eigenvalue weighted by Gasteiger charge is 2.37. The van der Waals surface area contributed by atoms with Gasteiger partial charge in [-0.2, -0.15) is 18.4 Å². The largest absolute Gasteiger partial charge is 0.417 e. The molecule has 1 heterocycles. The number of halogens is 4. The second-order valence-electron chi connectivity index (χ2n) is 6.71. The number of hydrogen-bond acceptors (Lipinski definition) is 4. The topological polar surface area (TPSA) is 90.4 Å². The molecule has 30 heavy (non-hydrogen) atoms. The van der Waals surface area contributed by atoms with Crippen molar-refractivity contribution < 1.29 is 27.2 Å². The minimum absolute atomic E-state index is 0.0190. The summed E-state index contributed by atoms with van der Waals surface area (Å²) < 4.78 is 52.8. The molecule has 1 atom stereocenters. The van der Waals surface area contributed by atoms with Gasteiger partial charge >= 0.3 is 6.18 Å². The third-order valence-electron chi connectivity index (χ3n) is 4.85. The number of primary amides is 1. The van der Waals surface area contributed by atoms with Gasteiger partial charge in [0, 0.05) is 30.9 Å². The van der Waals surface area contributed by atoms with Gasteiger partial charge in [-0.15, -0.1) is 0 Å². The molecule has 1 saturated heterocycles. The maximum atomic E-state index is 13.2. The van der Waals surface area contributed by atoms with Crippen LogP contribution in [0.1, 0.15) is 21.5 Å². The Morgan fingerprint density at radius 3 is 2.33 bits per heavy atom. The number of amides is 2. The number of carbonyl (C=O) groups excluding carboxylic acids is 2. The molecular formula is C20H16F4N4O2. The molecule has 1 aliphatic heterocycles. The van der Waals surface area contributed by atoms with E-state index in [4.69, 9.17) is 11.0 Å². The van der Waals surface area contributed by atoms with Crippen LogP contribution in [-0.4, -0.2) is 42.4 Å². The highest BCUT2D eigenvalue weighted by atomic mass is 19.4. The van der Waals surface area contributed by atoms with Gasteiger partial charge in [0.25, 0.3) is 5.91 Å². The van der Waals surface area contributed by atoms with Crippen LogP contribution >= 0.6 is 0 Å². The maximum Gasteiger partial charge on any atom is 0.417 e. The molecule has 1 aliphatic rings. The molecule has 156 valence electrons. The predicted octanol–water partition coefficient (Wildman–Crippen LogP) is 2.53. The quantitative estimate of drug-likeness (QED) is 0.773. The Morgan fingerprint density at radius 2 is 1.77 bits per heavy atom. The summed E-state index contributed by atoms with van der Waals surface area (Å²) in [6.45, 7) is 0.0382. The van der Waals surface area contributed by atoms with E-state index in [2.05, 4.69) is 0 Å². The van der Waals surface area contributed by atoms with Gasteiger partial charge in [0.05, 0.1) is 17.2 Å². The molecule has 3 rings (SSSR count). The van der Waals surface area contributed by atoms with E-state index in [0.29, 0.717) is 0 Å². The molecule has 6 nitrogen and oxygen atoms in total. The summed E-state index contributed by atoms with van der Waals surface area (Å²) in [5.74, 6) is -1.88. The van der Waals surface area contributed by atoms with Crippen LogP contribution in [0.25, 0.3) is 0 Å². The van der Waals surface area contributed by atoms with Crippen LogP contribution < -0.4 is 10.6 Å². The van der Waals surface area contributed by atoms with Crippen molar-refractivity contribution in [1.29, 1.82) is 5.26 Å². The van der Waals surface area contributed by atoms with E-state index >= 15 is 0 Å². The highest BCUT2D eigenvalue weighted by Crippen LogP contribution is 2.35. The van der Waals surface area contributed by atoms with E-state index in [-0.39, 0.29) is 30.9 Å². The van der Waals surface area contributed by atoms with Gasteiger partial charge in [0.1, 0.15) is 11.9 Å². The third kappa shape index (κ3) is 4.20. The summed E-state index contributed by atoms with van der Waals surface area (Å²) in [5, 5.41) is 8.93. The lowest BCUT2D eigenvalue weighted by molar-refractivity contribution is -0.137. The average Bonchev–Trinajstić information content (AvgIpc) is 2.72. The molecule has 0 saturated carbocycles. The predicted molar refractivity (Wildman–Crippen MR) is 98.8 cm³/mol. The zero-order chi connectivity index (χ0) is 22.1. The van der Waals surface area contributed by atoms with E-state index in [0.717, 1.165) is 24.3 Å². The lowest BCUT2D eigenvalue weighted by Crippen LogP contribution is -2.60. The molecule has 2 N–H and O–H groups in total. The first-order valence-electron chi connectivity index (χ1n) is 8.84. The van der Waals surface area contributed by atoms with Crippen LogP contribution in [0.15, 0.2) is 42.5 Å². The number of rotatable bonds is 3.